The Bertz CT molecular complexity index is 1100. The number of hydrazone groups is 1. The Labute approximate surface area is 176 Å². The predicted molar refractivity (Wildman–Crippen MR) is 110 cm³/mol. The first kappa shape index (κ1) is 19.3. The molecule has 2 aromatic carbocycles. The fourth-order valence-electron chi connectivity index (χ4n) is 2.82. The van der Waals surface area contributed by atoms with Crippen LogP contribution in [0, 0.1) is 6.92 Å². The molecule has 0 bridgehead atoms. The first-order valence-corrected chi connectivity index (χ1v) is 9.51. The van der Waals surface area contributed by atoms with Gasteiger partial charge in [-0.2, -0.15) is 10.2 Å². The van der Waals surface area contributed by atoms with Gasteiger partial charge in [-0.05, 0) is 37.3 Å². The van der Waals surface area contributed by atoms with Crippen LogP contribution in [0.2, 0.25) is 10.2 Å². The van der Waals surface area contributed by atoms with Crippen LogP contribution in [0.25, 0.3) is 5.69 Å². The number of rotatable bonds is 4. The molecule has 4 rings (SSSR count). The molecule has 3 aromatic rings. The lowest BCUT2D eigenvalue weighted by molar-refractivity contribution is -0.130. The zero-order valence-corrected chi connectivity index (χ0v) is 16.8. The number of carbonyl (C=O) groups excluding carboxylic acids is 1. The molecule has 1 N–H and O–H groups in total. The topological polar surface area (TPSA) is 77.7 Å². The van der Waals surface area contributed by atoms with E-state index in [0.717, 1.165) is 5.69 Å². The number of nitrogens with one attached hydrogen (secondary N) is 1. The van der Waals surface area contributed by atoms with Crippen molar-refractivity contribution in [2.75, 3.05) is 6.61 Å². The first-order chi connectivity index (χ1) is 14.0. The zero-order valence-electron chi connectivity index (χ0n) is 15.3. The minimum Gasteiger partial charge on any atom is -0.485 e. The number of amides is 1. The van der Waals surface area contributed by atoms with Gasteiger partial charge < -0.3 is 9.47 Å². The van der Waals surface area contributed by atoms with Crippen molar-refractivity contribution in [3.05, 3.63) is 70.0 Å². The lowest BCUT2D eigenvalue weighted by atomic mass is 10.2. The second-order valence-corrected chi connectivity index (χ2v) is 7.07. The summed E-state index contributed by atoms with van der Waals surface area (Å²) in [6, 6.07) is 14.3. The standard InChI is InChI=1S/C20H16Cl2N4O3/c1-12-15(19(22)26(25-12)14-6-4-5-13(21)9-14)10-23-24-20(27)18-11-28-16-7-2-3-8-17(16)29-18/h2-10,18H,11H2,1H3,(H,24,27)/b23-10+. The average molecular weight is 431 g/mol. The predicted octanol–water partition coefficient (Wildman–Crippen LogP) is 3.78. The van der Waals surface area contributed by atoms with Crippen molar-refractivity contribution in [2.45, 2.75) is 13.0 Å². The van der Waals surface area contributed by atoms with Crippen LogP contribution in [0.3, 0.4) is 0 Å². The molecule has 29 heavy (non-hydrogen) atoms. The van der Waals surface area contributed by atoms with Gasteiger partial charge in [0.1, 0.15) is 11.8 Å². The van der Waals surface area contributed by atoms with Gasteiger partial charge in [0.05, 0.1) is 23.2 Å². The molecule has 1 aliphatic heterocycles. The van der Waals surface area contributed by atoms with Gasteiger partial charge in [0.15, 0.2) is 11.5 Å². The van der Waals surface area contributed by atoms with Crippen LogP contribution in [0.1, 0.15) is 11.3 Å². The van der Waals surface area contributed by atoms with Gasteiger partial charge in [0, 0.05) is 5.02 Å². The minimum absolute atomic E-state index is 0.102. The van der Waals surface area contributed by atoms with E-state index >= 15 is 0 Å². The molecule has 2 heterocycles. The van der Waals surface area contributed by atoms with E-state index in [1.54, 1.807) is 35.9 Å². The normalized spacial score (nSPS) is 15.5. The Morgan fingerprint density at radius 3 is 2.83 bits per heavy atom. The highest BCUT2D eigenvalue weighted by Gasteiger charge is 2.27. The van der Waals surface area contributed by atoms with Crippen LogP contribution < -0.4 is 14.9 Å². The average Bonchev–Trinajstić information content (AvgIpc) is 3.01. The molecule has 0 saturated carbocycles. The van der Waals surface area contributed by atoms with E-state index in [1.807, 2.05) is 24.3 Å². The van der Waals surface area contributed by atoms with E-state index in [9.17, 15) is 4.79 Å². The SMILES string of the molecule is Cc1nn(-c2cccc(Cl)c2)c(Cl)c1/C=N/NC(=O)C1COc2ccccc2O1. The summed E-state index contributed by atoms with van der Waals surface area (Å²) in [4.78, 5) is 12.3. The van der Waals surface area contributed by atoms with Crippen LogP contribution >= 0.6 is 23.2 Å². The molecule has 0 radical (unpaired) electrons. The maximum atomic E-state index is 12.3. The first-order valence-electron chi connectivity index (χ1n) is 8.75. The molecule has 1 atom stereocenters. The smallest absolute Gasteiger partial charge is 0.284 e. The molecule has 148 valence electrons. The molecule has 1 amide bonds. The lowest BCUT2D eigenvalue weighted by Gasteiger charge is -2.24. The van der Waals surface area contributed by atoms with Crippen LogP contribution in [0.5, 0.6) is 11.5 Å². The van der Waals surface area contributed by atoms with Gasteiger partial charge in [0.25, 0.3) is 5.91 Å². The van der Waals surface area contributed by atoms with Crippen molar-refractivity contribution in [1.82, 2.24) is 15.2 Å². The maximum Gasteiger partial charge on any atom is 0.284 e. The second kappa shape index (κ2) is 8.14. The van der Waals surface area contributed by atoms with Gasteiger partial charge in [-0.1, -0.05) is 41.4 Å². The minimum atomic E-state index is -0.798. The fourth-order valence-corrected chi connectivity index (χ4v) is 3.32. The highest BCUT2D eigenvalue weighted by atomic mass is 35.5. The van der Waals surface area contributed by atoms with Crippen molar-refractivity contribution in [2.24, 2.45) is 5.10 Å². The quantitative estimate of drug-likeness (QED) is 0.504. The summed E-state index contributed by atoms with van der Waals surface area (Å²) in [6.45, 7) is 1.90. The number of nitrogens with zero attached hydrogens (tertiary/aromatic N) is 3. The molecule has 7 nitrogen and oxygen atoms in total. The van der Waals surface area contributed by atoms with Gasteiger partial charge in [0.2, 0.25) is 6.10 Å². The summed E-state index contributed by atoms with van der Waals surface area (Å²) < 4.78 is 12.7. The number of aromatic nitrogens is 2. The van der Waals surface area contributed by atoms with Crippen molar-refractivity contribution >= 4 is 35.3 Å². The summed E-state index contributed by atoms with van der Waals surface area (Å²) in [7, 11) is 0. The summed E-state index contributed by atoms with van der Waals surface area (Å²) in [5, 5.41) is 9.34. The van der Waals surface area contributed by atoms with Gasteiger partial charge in [-0.3, -0.25) is 4.79 Å². The number of aryl methyl sites for hydroxylation is 1. The lowest BCUT2D eigenvalue weighted by Crippen LogP contribution is -2.42. The number of ether oxygens (including phenoxy) is 2. The zero-order chi connectivity index (χ0) is 20.4. The third kappa shape index (κ3) is 4.06. The van der Waals surface area contributed by atoms with Crippen LogP contribution in [-0.2, 0) is 4.79 Å². The van der Waals surface area contributed by atoms with Crippen LogP contribution in [0.4, 0.5) is 0 Å². The second-order valence-electron chi connectivity index (χ2n) is 6.28. The van der Waals surface area contributed by atoms with Gasteiger partial charge in [-0.25, -0.2) is 10.1 Å². The van der Waals surface area contributed by atoms with Crippen molar-refractivity contribution in [3.8, 4) is 17.2 Å². The molecule has 0 saturated heterocycles. The summed E-state index contributed by atoms with van der Waals surface area (Å²) in [6.07, 6.45) is 0.647. The monoisotopic (exact) mass is 430 g/mol. The largest absolute Gasteiger partial charge is 0.485 e. The summed E-state index contributed by atoms with van der Waals surface area (Å²) in [5.41, 5.74) is 4.41. The van der Waals surface area contributed by atoms with E-state index in [4.69, 9.17) is 32.7 Å². The van der Waals surface area contributed by atoms with E-state index in [-0.39, 0.29) is 6.61 Å². The Morgan fingerprint density at radius 2 is 2.03 bits per heavy atom. The Balaban J connectivity index is 1.45. The molecule has 0 aliphatic carbocycles. The Kier molecular flexibility index (Phi) is 5.42. The molecule has 0 fully saturated rings. The van der Waals surface area contributed by atoms with E-state index < -0.39 is 12.0 Å². The number of benzene rings is 2. The van der Waals surface area contributed by atoms with Crippen molar-refractivity contribution in [3.63, 3.8) is 0 Å². The summed E-state index contributed by atoms with van der Waals surface area (Å²) in [5.74, 6) is 0.701. The van der Waals surface area contributed by atoms with Gasteiger partial charge in [-0.15, -0.1) is 0 Å². The van der Waals surface area contributed by atoms with E-state index in [0.29, 0.717) is 32.9 Å². The summed E-state index contributed by atoms with van der Waals surface area (Å²) >= 11 is 12.5. The van der Waals surface area contributed by atoms with Gasteiger partial charge >= 0.3 is 0 Å². The third-order valence-electron chi connectivity index (χ3n) is 4.27. The third-order valence-corrected chi connectivity index (χ3v) is 4.87. The number of hydrogen-bond donors (Lipinski definition) is 1. The van der Waals surface area contributed by atoms with Crippen LogP contribution in [-0.4, -0.2) is 34.6 Å². The van der Waals surface area contributed by atoms with Crippen LogP contribution in [0.15, 0.2) is 53.6 Å². The highest BCUT2D eigenvalue weighted by Crippen LogP contribution is 2.30. The van der Waals surface area contributed by atoms with Crippen molar-refractivity contribution in [1.29, 1.82) is 0 Å². The maximum absolute atomic E-state index is 12.3. The van der Waals surface area contributed by atoms with Crippen molar-refractivity contribution < 1.29 is 14.3 Å². The molecule has 1 aliphatic rings. The van der Waals surface area contributed by atoms with E-state index in [2.05, 4.69) is 15.6 Å². The van der Waals surface area contributed by atoms with E-state index in [1.165, 1.54) is 6.21 Å². The molecule has 0 spiro atoms. The molecular weight excluding hydrogens is 415 g/mol. The number of hydrogen-bond acceptors (Lipinski definition) is 5. The molecule has 1 unspecified atom stereocenters. The Hall–Kier alpha value is -3.03. The molecule has 1 aromatic heterocycles. The fraction of sp³-hybridized carbons (Fsp3) is 0.150. The number of halogens is 2. The number of fused-ring (bicyclic) bond motifs is 1. The molecular formula is C20H16Cl2N4O3. The highest BCUT2D eigenvalue weighted by molar-refractivity contribution is 6.32. The Morgan fingerprint density at radius 1 is 1.24 bits per heavy atom. The molecule has 9 heteroatoms. The number of carbonyl (C=O) groups is 1. The number of para-hydroxylation sites is 2.